The number of esters is 2. The molecule has 1 aromatic heterocycles. The highest BCUT2D eigenvalue weighted by Gasteiger charge is 2.52. The summed E-state index contributed by atoms with van der Waals surface area (Å²) in [6.45, 7) is 38.2. The number of hydrogen-bond donors (Lipinski definition) is 0. The Morgan fingerprint density at radius 1 is 0.881 bits per heavy atom. The number of nitriles is 1. The van der Waals surface area contributed by atoms with Crippen LogP contribution in [0.3, 0.4) is 0 Å². The van der Waals surface area contributed by atoms with E-state index in [1.165, 1.54) is 18.2 Å². The molecule has 4 unspecified atom stereocenters. The third-order valence-electron chi connectivity index (χ3n) is 13.4. The highest BCUT2D eigenvalue weighted by atomic mass is 16.5. The maximum absolute atomic E-state index is 14.4. The molecule has 0 N–H and O–H groups in total. The zero-order valence-electron chi connectivity index (χ0n) is 40.7. The fourth-order valence-electron chi connectivity index (χ4n) is 8.69. The van der Waals surface area contributed by atoms with E-state index in [1.807, 2.05) is 33.9 Å². The molecule has 328 valence electrons. The van der Waals surface area contributed by atoms with Crippen molar-refractivity contribution >= 4 is 11.9 Å². The van der Waals surface area contributed by atoms with E-state index in [0.29, 0.717) is 25.7 Å². The number of aromatic nitrogens is 2. The van der Waals surface area contributed by atoms with Gasteiger partial charge in [-0.25, -0.2) is 4.98 Å². The largest absolute Gasteiger partial charge is 0.469 e. The third-order valence-corrected chi connectivity index (χ3v) is 13.4. The summed E-state index contributed by atoms with van der Waals surface area (Å²) in [7, 11) is 1.43. The minimum atomic E-state index is -0.912. The normalized spacial score (nSPS) is 15.4. The highest BCUT2D eigenvalue weighted by Crippen LogP contribution is 2.52. The molecule has 0 saturated heterocycles. The molecule has 0 aliphatic carbocycles. The van der Waals surface area contributed by atoms with Crippen molar-refractivity contribution in [3.05, 3.63) is 71.0 Å². The number of aryl methyl sites for hydroxylation is 3. The van der Waals surface area contributed by atoms with Gasteiger partial charge in [0.1, 0.15) is 5.82 Å². The average molecular weight is 812 g/mol. The molecule has 7 heteroatoms. The Balaban J connectivity index is 0.00000590. The van der Waals surface area contributed by atoms with Crippen molar-refractivity contribution in [3.63, 3.8) is 0 Å². The van der Waals surface area contributed by atoms with Gasteiger partial charge < -0.3 is 9.47 Å². The van der Waals surface area contributed by atoms with Gasteiger partial charge in [-0.15, -0.1) is 0 Å². The zero-order chi connectivity index (χ0) is 45.4. The summed E-state index contributed by atoms with van der Waals surface area (Å²) in [5, 5.41) is 10.1. The van der Waals surface area contributed by atoms with Crippen molar-refractivity contribution in [3.8, 4) is 23.1 Å². The molecule has 0 bridgehead atoms. The number of carbonyl (C=O) groups excluding carboxylic acids is 2. The molecule has 3 rings (SSSR count). The maximum atomic E-state index is 14.4. The summed E-state index contributed by atoms with van der Waals surface area (Å²) < 4.78 is 13.8. The number of hydrogen-bond acceptors (Lipinski definition) is 6. The van der Waals surface area contributed by atoms with Crippen LogP contribution in [0.1, 0.15) is 165 Å². The van der Waals surface area contributed by atoms with Crippen molar-refractivity contribution < 1.29 is 19.1 Å². The Labute approximate surface area is 360 Å². The summed E-state index contributed by atoms with van der Waals surface area (Å²) in [5.41, 5.74) is 4.41. The molecule has 0 amide bonds. The number of benzene rings is 2. The van der Waals surface area contributed by atoms with E-state index < -0.39 is 16.2 Å². The number of ether oxygens (including phenoxy) is 2. The lowest BCUT2D eigenvalue weighted by Gasteiger charge is -2.46. The minimum absolute atomic E-state index is 0.0131. The van der Waals surface area contributed by atoms with Gasteiger partial charge >= 0.3 is 11.9 Å². The van der Waals surface area contributed by atoms with E-state index in [9.17, 15) is 14.9 Å². The standard InChI is InChI=1S/C50H75N3O4.C2H6/c1-18-48(13,14)40-24-20-19-23-39(40)42-52-25-26-53(42)41-34(2)28-37(29-35(41)3)22-21-27-57-43(54)49(15,33-47(11,12)31-38(32-51)45(5,6)7)36(4)30-50(16,44(55)56-17)46(8,9)10;1-2/h19-20,23-26,28-29,36,38H,18,21-22,27,30-31,33H2,1-17H3;1-2H3. The maximum Gasteiger partial charge on any atom is 0.312 e. The molecular weight excluding hydrogens is 731 g/mol. The summed E-state index contributed by atoms with van der Waals surface area (Å²) in [6.07, 6.45) is 8.02. The Morgan fingerprint density at radius 2 is 1.46 bits per heavy atom. The van der Waals surface area contributed by atoms with Gasteiger partial charge in [0.2, 0.25) is 0 Å². The van der Waals surface area contributed by atoms with Crippen LogP contribution < -0.4 is 0 Å². The Bertz CT molecular complexity index is 1880. The molecule has 0 radical (unpaired) electrons. The lowest BCUT2D eigenvalue weighted by molar-refractivity contribution is -0.169. The molecule has 0 fully saturated rings. The van der Waals surface area contributed by atoms with Gasteiger partial charge in [-0.2, -0.15) is 5.26 Å². The molecule has 2 aromatic carbocycles. The second-order valence-corrected chi connectivity index (χ2v) is 20.9. The van der Waals surface area contributed by atoms with Gasteiger partial charge in [-0.3, -0.25) is 14.2 Å². The number of nitrogens with zero attached hydrogens (tertiary/aromatic N) is 3. The molecule has 0 saturated carbocycles. The van der Waals surface area contributed by atoms with Crippen molar-refractivity contribution in [2.45, 2.75) is 169 Å². The predicted molar refractivity (Wildman–Crippen MR) is 245 cm³/mol. The van der Waals surface area contributed by atoms with Crippen LogP contribution >= 0.6 is 0 Å². The van der Waals surface area contributed by atoms with Crippen LogP contribution in [0.5, 0.6) is 0 Å². The molecule has 1 heterocycles. The van der Waals surface area contributed by atoms with E-state index in [-0.39, 0.29) is 46.6 Å². The second kappa shape index (κ2) is 20.1. The third kappa shape index (κ3) is 12.1. The van der Waals surface area contributed by atoms with E-state index in [1.54, 1.807) is 0 Å². The van der Waals surface area contributed by atoms with Gasteiger partial charge in [0, 0.05) is 18.0 Å². The topological polar surface area (TPSA) is 94.2 Å². The summed E-state index contributed by atoms with van der Waals surface area (Å²) in [5.74, 6) is 0.0133. The first-order valence-corrected chi connectivity index (χ1v) is 22.1. The van der Waals surface area contributed by atoms with E-state index in [2.05, 4.69) is 150 Å². The first kappa shape index (κ1) is 51.2. The van der Waals surface area contributed by atoms with Crippen molar-refractivity contribution in [1.82, 2.24) is 9.55 Å². The van der Waals surface area contributed by atoms with Gasteiger partial charge in [-0.1, -0.05) is 133 Å². The Kier molecular flexibility index (Phi) is 17.4. The molecule has 59 heavy (non-hydrogen) atoms. The smallest absolute Gasteiger partial charge is 0.312 e. The van der Waals surface area contributed by atoms with Crippen molar-refractivity contribution in [1.29, 1.82) is 5.26 Å². The predicted octanol–water partition coefficient (Wildman–Crippen LogP) is 13.6. The Hall–Kier alpha value is -3.92. The molecule has 0 aliphatic heterocycles. The van der Waals surface area contributed by atoms with Crippen LogP contribution in [0.25, 0.3) is 17.1 Å². The molecule has 3 aromatic rings. The highest BCUT2D eigenvalue weighted by molar-refractivity contribution is 5.79. The van der Waals surface area contributed by atoms with E-state index in [0.717, 1.165) is 41.0 Å². The molecule has 7 nitrogen and oxygen atoms in total. The summed E-state index contributed by atoms with van der Waals surface area (Å²) in [4.78, 5) is 32.6. The van der Waals surface area contributed by atoms with Crippen LogP contribution in [-0.4, -0.2) is 35.2 Å². The monoisotopic (exact) mass is 812 g/mol. The van der Waals surface area contributed by atoms with Gasteiger partial charge in [0.15, 0.2) is 0 Å². The van der Waals surface area contributed by atoms with Crippen molar-refractivity contribution in [2.75, 3.05) is 13.7 Å². The van der Waals surface area contributed by atoms with Crippen LogP contribution in [0.15, 0.2) is 48.8 Å². The molecular formula is C52H81N3O4. The van der Waals surface area contributed by atoms with Crippen LogP contribution in [0.2, 0.25) is 0 Å². The van der Waals surface area contributed by atoms with Crippen LogP contribution in [0, 0.1) is 64.1 Å². The van der Waals surface area contributed by atoms with Gasteiger partial charge in [0.05, 0.1) is 42.2 Å². The first-order valence-electron chi connectivity index (χ1n) is 22.1. The van der Waals surface area contributed by atoms with Crippen LogP contribution in [0.4, 0.5) is 0 Å². The molecule has 0 aliphatic rings. The average Bonchev–Trinajstić information content (AvgIpc) is 3.63. The lowest BCUT2D eigenvalue weighted by atomic mass is 9.57. The fourth-order valence-corrected chi connectivity index (χ4v) is 8.69. The fraction of sp³-hybridized carbons (Fsp3) is 0.654. The van der Waals surface area contributed by atoms with Crippen molar-refractivity contribution in [2.24, 2.45) is 38.9 Å². The quantitative estimate of drug-likeness (QED) is 0.0995. The van der Waals surface area contributed by atoms with E-state index >= 15 is 0 Å². The zero-order valence-corrected chi connectivity index (χ0v) is 40.7. The van der Waals surface area contributed by atoms with Gasteiger partial charge in [0.25, 0.3) is 0 Å². The number of imidazole rings is 1. The molecule has 4 atom stereocenters. The number of carbonyl (C=O) groups is 2. The summed E-state index contributed by atoms with van der Waals surface area (Å²) in [6, 6.07) is 15.6. The second-order valence-electron chi connectivity index (χ2n) is 20.9. The number of rotatable bonds is 17. The number of methoxy groups -OCH3 is 1. The summed E-state index contributed by atoms with van der Waals surface area (Å²) >= 11 is 0. The van der Waals surface area contributed by atoms with E-state index in [4.69, 9.17) is 14.5 Å². The lowest BCUT2D eigenvalue weighted by Crippen LogP contribution is -2.47. The SMILES string of the molecule is CC.CCC(C)(C)c1ccccc1-c1nccn1-c1c(C)cc(CCCOC(=O)C(C)(CC(C)(C)CC(C#N)C(C)(C)C)C(C)CC(C)(C(=O)OC)C(C)(C)C)cc1C. The molecule has 0 spiro atoms. The van der Waals surface area contributed by atoms with Crippen LogP contribution in [-0.2, 0) is 30.9 Å². The minimum Gasteiger partial charge on any atom is -0.469 e. The first-order chi connectivity index (χ1) is 27.2. The Morgan fingerprint density at radius 3 is 1.97 bits per heavy atom. The van der Waals surface area contributed by atoms with Gasteiger partial charge in [-0.05, 0) is 116 Å².